The van der Waals surface area contributed by atoms with Crippen molar-refractivity contribution >= 4 is 39.1 Å². The van der Waals surface area contributed by atoms with Crippen LogP contribution in [0.1, 0.15) is 31.1 Å². The molecule has 1 amide bonds. The molecule has 2 heterocycles. The highest BCUT2D eigenvalue weighted by molar-refractivity contribution is 9.10. The van der Waals surface area contributed by atoms with Gasteiger partial charge in [-0.25, -0.2) is 4.79 Å². The lowest BCUT2D eigenvalue weighted by molar-refractivity contribution is -0.153. The Hall–Kier alpha value is -0.880. The van der Waals surface area contributed by atoms with Crippen LogP contribution in [-0.2, 0) is 16.0 Å². The quantitative estimate of drug-likeness (QED) is 0.898. The van der Waals surface area contributed by atoms with Crippen molar-refractivity contribution in [1.82, 2.24) is 4.90 Å². The Bertz CT molecular complexity index is 502. The van der Waals surface area contributed by atoms with Gasteiger partial charge in [0.05, 0.1) is 0 Å². The van der Waals surface area contributed by atoms with Crippen LogP contribution in [0.3, 0.4) is 0 Å². The van der Waals surface area contributed by atoms with Gasteiger partial charge in [-0.3, -0.25) is 4.79 Å². The fraction of sp³-hybridized carbons (Fsp3) is 0.571. The minimum absolute atomic E-state index is 0.0474. The number of hydrogen-bond acceptors (Lipinski definition) is 3. The number of carbonyl (C=O) groups excluding carboxylic acids is 1. The van der Waals surface area contributed by atoms with E-state index >= 15 is 0 Å². The number of aliphatic carboxylic acids is 1. The summed E-state index contributed by atoms with van der Waals surface area (Å²) in [5.41, 5.74) is 0. The third-order valence-electron chi connectivity index (χ3n) is 3.68. The number of likely N-dealkylation sites (tertiary alicyclic amines) is 1. The van der Waals surface area contributed by atoms with E-state index in [0.717, 1.165) is 15.8 Å². The maximum Gasteiger partial charge on any atom is 0.326 e. The molecule has 1 aliphatic rings. The van der Waals surface area contributed by atoms with E-state index in [1.165, 1.54) is 0 Å². The Labute approximate surface area is 130 Å². The third-order valence-corrected chi connectivity index (χ3v) is 5.43. The second kappa shape index (κ2) is 6.72. The normalized spacial score (nSPS) is 22.8. The highest BCUT2D eigenvalue weighted by Crippen LogP contribution is 2.25. The average molecular weight is 360 g/mol. The number of hydrogen-bond donors (Lipinski definition) is 1. The molecule has 1 aromatic rings. The number of thiophene rings is 1. The molecule has 2 rings (SSSR count). The van der Waals surface area contributed by atoms with Crippen LogP contribution in [0, 0.1) is 5.92 Å². The number of aryl methyl sites for hydroxylation is 1. The number of carboxylic acids is 1. The molecular weight excluding hydrogens is 342 g/mol. The zero-order valence-electron chi connectivity index (χ0n) is 11.3. The summed E-state index contributed by atoms with van der Waals surface area (Å²) >= 11 is 5.00. The molecule has 0 radical (unpaired) electrons. The maximum absolute atomic E-state index is 12.3. The zero-order chi connectivity index (χ0) is 14.7. The predicted molar refractivity (Wildman–Crippen MR) is 81.9 cm³/mol. The molecule has 20 heavy (non-hydrogen) atoms. The van der Waals surface area contributed by atoms with E-state index in [-0.39, 0.29) is 5.91 Å². The van der Waals surface area contributed by atoms with Crippen LogP contribution in [0.5, 0.6) is 0 Å². The largest absolute Gasteiger partial charge is 0.480 e. The van der Waals surface area contributed by atoms with Gasteiger partial charge >= 0.3 is 5.97 Å². The van der Waals surface area contributed by atoms with Gasteiger partial charge in [-0.2, -0.15) is 0 Å². The van der Waals surface area contributed by atoms with Crippen molar-refractivity contribution in [1.29, 1.82) is 0 Å². The first-order chi connectivity index (χ1) is 9.47. The average Bonchev–Trinajstić information content (AvgIpc) is 2.81. The summed E-state index contributed by atoms with van der Waals surface area (Å²) in [6.45, 7) is 2.60. The van der Waals surface area contributed by atoms with Crippen LogP contribution < -0.4 is 0 Å². The summed E-state index contributed by atoms with van der Waals surface area (Å²) in [6.07, 6.45) is 2.50. The predicted octanol–water partition coefficient (Wildman–Crippen LogP) is 3.15. The number of rotatable bonds is 4. The molecule has 1 N–H and O–H groups in total. The van der Waals surface area contributed by atoms with Crippen LogP contribution in [0.15, 0.2) is 15.9 Å². The Morgan fingerprint density at radius 1 is 1.55 bits per heavy atom. The Morgan fingerprint density at radius 3 is 2.90 bits per heavy atom. The SMILES string of the molecule is CC1CCN(C(=O)CCc2cc(Br)cs2)C(C(=O)O)C1. The van der Waals surface area contributed by atoms with E-state index in [0.29, 0.717) is 31.7 Å². The molecular formula is C14H18BrNO3S. The Balaban J connectivity index is 1.94. The molecule has 4 nitrogen and oxygen atoms in total. The van der Waals surface area contributed by atoms with Gasteiger partial charge in [0, 0.05) is 27.7 Å². The summed E-state index contributed by atoms with van der Waals surface area (Å²) in [7, 11) is 0. The minimum Gasteiger partial charge on any atom is -0.480 e. The van der Waals surface area contributed by atoms with Gasteiger partial charge in [0.2, 0.25) is 5.91 Å². The van der Waals surface area contributed by atoms with Crippen LogP contribution in [0.2, 0.25) is 0 Å². The lowest BCUT2D eigenvalue weighted by Gasteiger charge is -2.36. The molecule has 2 atom stereocenters. The first kappa shape index (κ1) is 15.5. The molecule has 0 aliphatic carbocycles. The molecule has 1 saturated heterocycles. The molecule has 1 aliphatic heterocycles. The molecule has 6 heteroatoms. The summed E-state index contributed by atoms with van der Waals surface area (Å²) < 4.78 is 1.03. The van der Waals surface area contributed by atoms with Crippen molar-refractivity contribution < 1.29 is 14.7 Å². The highest BCUT2D eigenvalue weighted by Gasteiger charge is 2.34. The first-order valence-electron chi connectivity index (χ1n) is 6.72. The van der Waals surface area contributed by atoms with Crippen LogP contribution in [-0.4, -0.2) is 34.5 Å². The van der Waals surface area contributed by atoms with Crippen molar-refractivity contribution in [3.8, 4) is 0 Å². The van der Waals surface area contributed by atoms with Gasteiger partial charge in [-0.05, 0) is 47.2 Å². The minimum atomic E-state index is -0.885. The maximum atomic E-state index is 12.3. The number of piperidine rings is 1. The number of nitrogens with zero attached hydrogens (tertiary/aromatic N) is 1. The number of halogens is 1. The summed E-state index contributed by atoms with van der Waals surface area (Å²) in [6, 6.07) is 1.35. The van der Waals surface area contributed by atoms with Crippen molar-refractivity contribution in [2.24, 2.45) is 5.92 Å². The number of carboxylic acid groups (broad SMARTS) is 1. The van der Waals surface area contributed by atoms with E-state index in [4.69, 9.17) is 0 Å². The van der Waals surface area contributed by atoms with E-state index in [9.17, 15) is 14.7 Å². The fourth-order valence-electron chi connectivity index (χ4n) is 2.53. The Morgan fingerprint density at radius 2 is 2.30 bits per heavy atom. The Kier molecular flexibility index (Phi) is 5.21. The molecule has 0 bridgehead atoms. The topological polar surface area (TPSA) is 57.6 Å². The molecule has 0 spiro atoms. The molecule has 1 aromatic heterocycles. The van der Waals surface area contributed by atoms with Gasteiger partial charge in [-0.15, -0.1) is 11.3 Å². The van der Waals surface area contributed by atoms with E-state index in [1.54, 1.807) is 16.2 Å². The highest BCUT2D eigenvalue weighted by atomic mass is 79.9. The molecule has 0 aromatic carbocycles. The smallest absolute Gasteiger partial charge is 0.326 e. The van der Waals surface area contributed by atoms with Crippen molar-refractivity contribution in [2.45, 2.75) is 38.6 Å². The monoisotopic (exact) mass is 359 g/mol. The summed E-state index contributed by atoms with van der Waals surface area (Å²) in [5, 5.41) is 11.3. The van der Waals surface area contributed by atoms with Crippen LogP contribution >= 0.6 is 27.3 Å². The summed E-state index contributed by atoms with van der Waals surface area (Å²) in [5.74, 6) is -0.564. The van der Waals surface area contributed by atoms with Gasteiger partial charge in [0.1, 0.15) is 6.04 Å². The van der Waals surface area contributed by atoms with E-state index in [2.05, 4.69) is 15.9 Å². The summed E-state index contributed by atoms with van der Waals surface area (Å²) in [4.78, 5) is 26.2. The lowest BCUT2D eigenvalue weighted by Crippen LogP contribution is -2.49. The van der Waals surface area contributed by atoms with Crippen molar-refractivity contribution in [3.05, 3.63) is 20.8 Å². The molecule has 0 saturated carbocycles. The van der Waals surface area contributed by atoms with Gasteiger partial charge in [0.25, 0.3) is 0 Å². The molecule has 2 unspecified atom stereocenters. The second-order valence-electron chi connectivity index (χ2n) is 5.30. The van der Waals surface area contributed by atoms with Gasteiger partial charge in [-0.1, -0.05) is 6.92 Å². The fourth-order valence-corrected chi connectivity index (χ4v) is 3.99. The van der Waals surface area contributed by atoms with Crippen molar-refractivity contribution in [2.75, 3.05) is 6.54 Å². The van der Waals surface area contributed by atoms with E-state index < -0.39 is 12.0 Å². The molecule has 110 valence electrons. The first-order valence-corrected chi connectivity index (χ1v) is 8.40. The zero-order valence-corrected chi connectivity index (χ0v) is 13.7. The lowest BCUT2D eigenvalue weighted by atomic mass is 9.92. The van der Waals surface area contributed by atoms with Gasteiger partial charge < -0.3 is 10.0 Å². The van der Waals surface area contributed by atoms with Crippen molar-refractivity contribution in [3.63, 3.8) is 0 Å². The third kappa shape index (κ3) is 3.82. The second-order valence-corrected chi connectivity index (χ2v) is 7.21. The van der Waals surface area contributed by atoms with Crippen LogP contribution in [0.25, 0.3) is 0 Å². The molecule has 1 fully saturated rings. The standard InChI is InChI=1S/C14H18BrNO3S/c1-9-4-5-16(12(6-9)14(18)19)13(17)3-2-11-7-10(15)8-20-11/h7-9,12H,2-6H2,1H3,(H,18,19). The van der Waals surface area contributed by atoms with E-state index in [1.807, 2.05) is 18.4 Å². The number of carbonyl (C=O) groups is 2. The van der Waals surface area contributed by atoms with Crippen LogP contribution in [0.4, 0.5) is 0 Å². The number of amides is 1. The van der Waals surface area contributed by atoms with Gasteiger partial charge in [0.15, 0.2) is 0 Å².